The smallest absolute Gasteiger partial charge is 0.246 e. The molecule has 1 saturated carbocycles. The molecule has 1 rings (SSSR count). The monoisotopic (exact) mass is 242 g/mol. The van der Waals surface area contributed by atoms with Gasteiger partial charge in [-0.25, -0.2) is 0 Å². The Morgan fingerprint density at radius 3 is 2.35 bits per heavy atom. The number of carbonyl (C=O) groups is 1. The van der Waals surface area contributed by atoms with Gasteiger partial charge in [0.15, 0.2) is 0 Å². The highest BCUT2D eigenvalue weighted by molar-refractivity contribution is 5.77. The zero-order valence-electron chi connectivity index (χ0n) is 11.1. The van der Waals surface area contributed by atoms with Crippen molar-refractivity contribution in [3.63, 3.8) is 0 Å². The van der Waals surface area contributed by atoms with Gasteiger partial charge in [-0.1, -0.05) is 25.7 Å². The van der Waals surface area contributed by atoms with Gasteiger partial charge in [0.2, 0.25) is 5.91 Å². The van der Waals surface area contributed by atoms with E-state index in [-0.39, 0.29) is 24.2 Å². The second kappa shape index (κ2) is 6.97. The fourth-order valence-corrected chi connectivity index (χ4v) is 2.36. The van der Waals surface area contributed by atoms with Gasteiger partial charge in [-0.3, -0.25) is 4.79 Å². The van der Waals surface area contributed by atoms with Crippen LogP contribution < -0.4 is 11.1 Å². The van der Waals surface area contributed by atoms with Crippen LogP contribution in [-0.4, -0.2) is 30.7 Å². The average molecular weight is 242 g/mol. The third-order valence-electron chi connectivity index (χ3n) is 3.35. The Bertz CT molecular complexity index is 234. The second-order valence-electron chi connectivity index (χ2n) is 5.31. The van der Waals surface area contributed by atoms with Crippen molar-refractivity contribution in [2.75, 3.05) is 13.2 Å². The van der Waals surface area contributed by atoms with Crippen molar-refractivity contribution in [3.05, 3.63) is 0 Å². The third-order valence-corrected chi connectivity index (χ3v) is 3.35. The van der Waals surface area contributed by atoms with E-state index in [2.05, 4.69) is 5.32 Å². The molecule has 1 aliphatic rings. The molecule has 0 heterocycles. The van der Waals surface area contributed by atoms with E-state index in [4.69, 9.17) is 10.5 Å². The van der Waals surface area contributed by atoms with Crippen LogP contribution in [0.1, 0.15) is 52.4 Å². The van der Waals surface area contributed by atoms with Crippen molar-refractivity contribution in [2.45, 2.75) is 64.0 Å². The predicted molar refractivity (Wildman–Crippen MR) is 68.7 cm³/mol. The minimum absolute atomic E-state index is 0.0444. The predicted octanol–water partition coefficient (Wildman–Crippen LogP) is 1.58. The number of hydrogen-bond donors (Lipinski definition) is 2. The van der Waals surface area contributed by atoms with Crippen molar-refractivity contribution in [2.24, 2.45) is 5.73 Å². The maximum absolute atomic E-state index is 11.6. The van der Waals surface area contributed by atoms with Gasteiger partial charge >= 0.3 is 0 Å². The Kier molecular flexibility index (Phi) is 5.92. The lowest BCUT2D eigenvalue weighted by molar-refractivity contribution is -0.134. The van der Waals surface area contributed by atoms with Gasteiger partial charge in [0.1, 0.15) is 6.61 Å². The second-order valence-corrected chi connectivity index (χ2v) is 5.31. The van der Waals surface area contributed by atoms with Crippen LogP contribution in [-0.2, 0) is 9.53 Å². The Morgan fingerprint density at radius 2 is 1.88 bits per heavy atom. The lowest BCUT2D eigenvalue weighted by Crippen LogP contribution is -2.44. The number of hydrogen-bond acceptors (Lipinski definition) is 3. The van der Waals surface area contributed by atoms with Crippen LogP contribution in [0, 0.1) is 0 Å². The third kappa shape index (κ3) is 5.04. The molecular formula is C13H26N2O2. The molecule has 17 heavy (non-hydrogen) atoms. The summed E-state index contributed by atoms with van der Waals surface area (Å²) in [7, 11) is 0. The zero-order valence-corrected chi connectivity index (χ0v) is 11.1. The number of nitrogens with two attached hydrogens (primary N) is 1. The van der Waals surface area contributed by atoms with E-state index >= 15 is 0 Å². The molecular weight excluding hydrogens is 216 g/mol. The van der Waals surface area contributed by atoms with E-state index in [0.717, 1.165) is 25.7 Å². The highest BCUT2D eigenvalue weighted by Gasteiger charge is 2.31. The topological polar surface area (TPSA) is 64.3 Å². The molecule has 0 bridgehead atoms. The van der Waals surface area contributed by atoms with E-state index in [9.17, 15) is 4.79 Å². The summed E-state index contributed by atoms with van der Waals surface area (Å²) in [5.74, 6) is -0.0444. The molecule has 0 spiro atoms. The van der Waals surface area contributed by atoms with Crippen molar-refractivity contribution in [1.29, 1.82) is 0 Å². The van der Waals surface area contributed by atoms with Crippen molar-refractivity contribution < 1.29 is 9.53 Å². The largest absolute Gasteiger partial charge is 0.364 e. The first-order valence-corrected chi connectivity index (χ1v) is 6.71. The van der Waals surface area contributed by atoms with Crippen LogP contribution in [0.2, 0.25) is 0 Å². The number of ether oxygens (including phenoxy) is 1. The molecule has 100 valence electrons. The Hall–Kier alpha value is -0.610. The molecule has 0 aromatic carbocycles. The molecule has 1 amide bonds. The summed E-state index contributed by atoms with van der Waals surface area (Å²) in [6, 6.07) is 0.161. The first-order valence-electron chi connectivity index (χ1n) is 6.71. The van der Waals surface area contributed by atoms with E-state index in [1.54, 1.807) is 0 Å². The maximum Gasteiger partial charge on any atom is 0.246 e. The molecule has 3 N–H and O–H groups in total. The summed E-state index contributed by atoms with van der Waals surface area (Å²) in [6.07, 6.45) is 6.79. The molecule has 4 nitrogen and oxygen atoms in total. The molecule has 0 aromatic rings. The van der Waals surface area contributed by atoms with E-state index in [1.165, 1.54) is 12.8 Å². The van der Waals surface area contributed by atoms with E-state index < -0.39 is 0 Å². The fourth-order valence-electron chi connectivity index (χ4n) is 2.36. The zero-order chi connectivity index (χ0) is 12.7. The molecule has 0 aliphatic heterocycles. The van der Waals surface area contributed by atoms with E-state index in [1.807, 2.05) is 13.8 Å². The molecule has 1 fully saturated rings. The van der Waals surface area contributed by atoms with Crippen LogP contribution in [0.4, 0.5) is 0 Å². The number of nitrogens with one attached hydrogen (secondary N) is 1. The highest BCUT2D eigenvalue weighted by Crippen LogP contribution is 2.29. The van der Waals surface area contributed by atoms with Crippen LogP contribution in [0.5, 0.6) is 0 Å². The fraction of sp³-hybridized carbons (Fsp3) is 0.923. The van der Waals surface area contributed by atoms with Gasteiger partial charge in [-0.15, -0.1) is 0 Å². The molecule has 0 unspecified atom stereocenters. The first kappa shape index (κ1) is 14.5. The molecule has 0 atom stereocenters. The van der Waals surface area contributed by atoms with Gasteiger partial charge in [-0.2, -0.15) is 0 Å². The summed E-state index contributed by atoms with van der Waals surface area (Å²) in [4.78, 5) is 11.6. The number of amides is 1. The Labute approximate surface area is 104 Å². The molecule has 0 radical (unpaired) electrons. The van der Waals surface area contributed by atoms with Gasteiger partial charge in [0.25, 0.3) is 0 Å². The molecule has 1 aliphatic carbocycles. The minimum atomic E-state index is -0.259. The van der Waals surface area contributed by atoms with E-state index in [0.29, 0.717) is 6.54 Å². The van der Waals surface area contributed by atoms with Crippen molar-refractivity contribution >= 4 is 5.91 Å². The van der Waals surface area contributed by atoms with Crippen LogP contribution in [0.15, 0.2) is 0 Å². The lowest BCUT2D eigenvalue weighted by Gasteiger charge is -2.31. The average Bonchev–Trinajstić information content (AvgIpc) is 2.52. The molecule has 0 saturated heterocycles. The summed E-state index contributed by atoms with van der Waals surface area (Å²) >= 11 is 0. The summed E-state index contributed by atoms with van der Waals surface area (Å²) < 4.78 is 5.83. The van der Waals surface area contributed by atoms with Crippen molar-refractivity contribution in [1.82, 2.24) is 5.32 Å². The normalized spacial score (nSPS) is 20.0. The summed E-state index contributed by atoms with van der Waals surface area (Å²) in [5.41, 5.74) is 5.58. The Balaban J connectivity index is 2.42. The standard InChI is InChI=1S/C13H26N2O2/c1-11(2)15-12(16)9-17-13(10-14)7-5-3-4-6-8-13/h11H,3-10,14H2,1-2H3,(H,15,16). The van der Waals surface area contributed by atoms with Crippen LogP contribution >= 0.6 is 0 Å². The minimum Gasteiger partial charge on any atom is -0.364 e. The number of rotatable bonds is 5. The van der Waals surface area contributed by atoms with Gasteiger partial charge in [-0.05, 0) is 26.7 Å². The quantitative estimate of drug-likeness (QED) is 0.719. The van der Waals surface area contributed by atoms with Crippen molar-refractivity contribution in [3.8, 4) is 0 Å². The first-order chi connectivity index (χ1) is 8.08. The van der Waals surface area contributed by atoms with Gasteiger partial charge < -0.3 is 15.8 Å². The SMILES string of the molecule is CC(C)NC(=O)COC1(CN)CCCCCC1. The molecule has 0 aromatic heterocycles. The lowest BCUT2D eigenvalue weighted by atomic mass is 9.94. The summed E-state index contributed by atoms with van der Waals surface area (Å²) in [5, 5.41) is 2.83. The Morgan fingerprint density at radius 1 is 1.29 bits per heavy atom. The molecule has 4 heteroatoms. The van der Waals surface area contributed by atoms with Gasteiger partial charge in [0, 0.05) is 12.6 Å². The van der Waals surface area contributed by atoms with Crippen LogP contribution in [0.25, 0.3) is 0 Å². The van der Waals surface area contributed by atoms with Crippen LogP contribution in [0.3, 0.4) is 0 Å². The van der Waals surface area contributed by atoms with Gasteiger partial charge in [0.05, 0.1) is 5.60 Å². The summed E-state index contributed by atoms with van der Waals surface area (Å²) in [6.45, 7) is 4.54. The number of carbonyl (C=O) groups excluding carboxylic acids is 1. The highest BCUT2D eigenvalue weighted by atomic mass is 16.5. The maximum atomic E-state index is 11.6.